The van der Waals surface area contributed by atoms with Gasteiger partial charge in [0, 0.05) is 25.1 Å². The molecule has 1 aromatic carbocycles. The van der Waals surface area contributed by atoms with Gasteiger partial charge < -0.3 is 0 Å². The lowest BCUT2D eigenvalue weighted by Gasteiger charge is -2.15. The monoisotopic (exact) mass is 294 g/mol. The molecule has 0 radical (unpaired) electrons. The fraction of sp³-hybridized carbons (Fsp3) is 0.357. The second kappa shape index (κ2) is 5.03. The first-order valence-electron chi connectivity index (χ1n) is 6.35. The number of hydrogen-bond donors (Lipinski definition) is 1. The second-order valence-corrected chi connectivity index (χ2v) is 6.81. The van der Waals surface area contributed by atoms with Crippen molar-refractivity contribution in [2.45, 2.75) is 25.2 Å². The molecule has 1 aliphatic heterocycles. The summed E-state index contributed by atoms with van der Waals surface area (Å²) in [6, 6.07) is 3.28. The van der Waals surface area contributed by atoms with Crippen LogP contribution in [0, 0.1) is 0 Å². The lowest BCUT2D eigenvalue weighted by atomic mass is 9.98. The molecule has 0 spiro atoms. The molecule has 108 valence electrons. The van der Waals surface area contributed by atoms with Crippen molar-refractivity contribution in [3.63, 3.8) is 0 Å². The maximum Gasteiger partial charge on any atom is 0.265 e. The zero-order valence-corrected chi connectivity index (χ0v) is 12.8. The summed E-state index contributed by atoms with van der Waals surface area (Å²) >= 11 is 0. The van der Waals surface area contributed by atoms with Gasteiger partial charge in [0.15, 0.2) is 0 Å². The first kappa shape index (κ1) is 14.7. The SMILES string of the molecule is CCc1cc2c(cc1C(=O)NN(C)C)S(=O)(=O)C=C2C. The lowest BCUT2D eigenvalue weighted by Crippen LogP contribution is -2.36. The number of allylic oxidation sites excluding steroid dienone is 1. The molecule has 5 nitrogen and oxygen atoms in total. The molecule has 1 aliphatic rings. The van der Waals surface area contributed by atoms with Gasteiger partial charge in [0.05, 0.1) is 4.90 Å². The number of hydrazine groups is 1. The summed E-state index contributed by atoms with van der Waals surface area (Å²) in [4.78, 5) is 12.4. The summed E-state index contributed by atoms with van der Waals surface area (Å²) in [6.45, 7) is 3.71. The molecule has 1 heterocycles. The third-order valence-corrected chi connectivity index (χ3v) is 4.83. The average Bonchev–Trinajstić information content (AvgIpc) is 2.57. The maximum absolute atomic E-state index is 12.2. The molecule has 0 atom stereocenters. The van der Waals surface area contributed by atoms with Crippen LogP contribution in [0.2, 0.25) is 0 Å². The summed E-state index contributed by atoms with van der Waals surface area (Å²) in [5.41, 5.74) is 5.31. The van der Waals surface area contributed by atoms with Crippen LogP contribution in [-0.4, -0.2) is 33.4 Å². The predicted octanol–water partition coefficient (Wildman–Crippen LogP) is 1.60. The molecular formula is C14H18N2O3S. The van der Waals surface area contributed by atoms with Crippen LogP contribution in [-0.2, 0) is 16.3 Å². The Morgan fingerprint density at radius 1 is 1.30 bits per heavy atom. The molecule has 0 fully saturated rings. The fourth-order valence-electron chi connectivity index (χ4n) is 2.30. The van der Waals surface area contributed by atoms with E-state index in [4.69, 9.17) is 0 Å². The first-order valence-corrected chi connectivity index (χ1v) is 7.90. The summed E-state index contributed by atoms with van der Waals surface area (Å²) in [5.74, 6) is -0.297. The van der Waals surface area contributed by atoms with E-state index in [-0.39, 0.29) is 10.8 Å². The van der Waals surface area contributed by atoms with Crippen LogP contribution < -0.4 is 5.43 Å². The number of sulfone groups is 1. The van der Waals surface area contributed by atoms with Crippen LogP contribution in [0.3, 0.4) is 0 Å². The Kier molecular flexibility index (Phi) is 3.71. The molecule has 0 saturated heterocycles. The maximum atomic E-state index is 12.2. The Bertz CT molecular complexity index is 703. The fourth-order valence-corrected chi connectivity index (χ4v) is 3.82. The Morgan fingerprint density at radius 2 is 1.95 bits per heavy atom. The molecule has 0 unspecified atom stereocenters. The number of fused-ring (bicyclic) bond motifs is 1. The number of carbonyl (C=O) groups is 1. The molecule has 1 aromatic rings. The van der Waals surface area contributed by atoms with E-state index in [2.05, 4.69) is 5.43 Å². The van der Waals surface area contributed by atoms with Crippen molar-refractivity contribution in [3.05, 3.63) is 34.2 Å². The highest BCUT2D eigenvalue weighted by Crippen LogP contribution is 2.35. The van der Waals surface area contributed by atoms with Gasteiger partial charge >= 0.3 is 0 Å². The van der Waals surface area contributed by atoms with E-state index >= 15 is 0 Å². The molecule has 1 N–H and O–H groups in total. The third kappa shape index (κ3) is 2.48. The highest BCUT2D eigenvalue weighted by Gasteiger charge is 2.27. The Labute approximate surface area is 119 Å². The van der Waals surface area contributed by atoms with Crippen LogP contribution in [0.4, 0.5) is 0 Å². The van der Waals surface area contributed by atoms with Crippen molar-refractivity contribution >= 4 is 21.3 Å². The average molecular weight is 294 g/mol. The highest BCUT2D eigenvalue weighted by atomic mass is 32.2. The van der Waals surface area contributed by atoms with Gasteiger partial charge in [-0.2, -0.15) is 0 Å². The minimum absolute atomic E-state index is 0.219. The van der Waals surface area contributed by atoms with Gasteiger partial charge in [-0.25, -0.2) is 13.4 Å². The molecule has 1 amide bonds. The van der Waals surface area contributed by atoms with Gasteiger partial charge in [0.2, 0.25) is 9.84 Å². The molecule has 0 aliphatic carbocycles. The Balaban J connectivity index is 2.60. The summed E-state index contributed by atoms with van der Waals surface area (Å²) in [5, 5.41) is 2.79. The van der Waals surface area contributed by atoms with Crippen LogP contribution in [0.1, 0.15) is 35.3 Å². The lowest BCUT2D eigenvalue weighted by molar-refractivity contribution is 0.0855. The summed E-state index contributed by atoms with van der Waals surface area (Å²) < 4.78 is 24.1. The molecule has 20 heavy (non-hydrogen) atoms. The van der Waals surface area contributed by atoms with Gasteiger partial charge in [-0.15, -0.1) is 0 Å². The number of nitrogens with one attached hydrogen (secondary N) is 1. The van der Waals surface area contributed by atoms with Crippen molar-refractivity contribution in [2.24, 2.45) is 0 Å². The van der Waals surface area contributed by atoms with Crippen LogP contribution in [0.5, 0.6) is 0 Å². The van der Waals surface area contributed by atoms with Crippen LogP contribution in [0.15, 0.2) is 22.4 Å². The number of nitrogens with zero attached hydrogens (tertiary/aromatic N) is 1. The topological polar surface area (TPSA) is 66.5 Å². The number of rotatable bonds is 3. The number of amides is 1. The minimum Gasteiger partial charge on any atom is -0.285 e. The summed E-state index contributed by atoms with van der Waals surface area (Å²) in [7, 11) is -0.00456. The van der Waals surface area contributed by atoms with E-state index in [1.54, 1.807) is 27.1 Å². The number of hydrogen-bond acceptors (Lipinski definition) is 4. The third-order valence-electron chi connectivity index (χ3n) is 3.22. The quantitative estimate of drug-likeness (QED) is 0.860. The zero-order valence-electron chi connectivity index (χ0n) is 12.0. The molecule has 6 heteroatoms. The number of aryl methyl sites for hydroxylation is 1. The smallest absolute Gasteiger partial charge is 0.265 e. The molecule has 0 saturated carbocycles. The van der Waals surface area contributed by atoms with Crippen molar-refractivity contribution in [2.75, 3.05) is 14.1 Å². The zero-order chi connectivity index (χ0) is 15.1. The largest absolute Gasteiger partial charge is 0.285 e. The van der Waals surface area contributed by atoms with Gasteiger partial charge in [-0.05, 0) is 42.2 Å². The van der Waals surface area contributed by atoms with E-state index in [9.17, 15) is 13.2 Å². The highest BCUT2D eigenvalue weighted by molar-refractivity contribution is 7.95. The molecule has 0 bridgehead atoms. The van der Waals surface area contributed by atoms with E-state index in [0.29, 0.717) is 23.1 Å². The standard InChI is InChI=1S/C14H18N2O3S/c1-5-10-6-11-9(2)8-20(18,19)13(11)7-12(10)14(17)15-16(3)4/h6-8H,5H2,1-4H3,(H,15,17). The number of benzene rings is 1. The van der Waals surface area contributed by atoms with Gasteiger partial charge in [-0.3, -0.25) is 10.2 Å². The first-order chi connectivity index (χ1) is 9.26. The molecule has 0 aromatic heterocycles. The molecule has 2 rings (SSSR count). The van der Waals surface area contributed by atoms with Crippen molar-refractivity contribution in [1.82, 2.24) is 10.4 Å². The predicted molar refractivity (Wildman–Crippen MR) is 77.8 cm³/mol. The van der Waals surface area contributed by atoms with Gasteiger partial charge in [-0.1, -0.05) is 6.92 Å². The van der Waals surface area contributed by atoms with E-state index in [0.717, 1.165) is 5.56 Å². The van der Waals surface area contributed by atoms with E-state index in [1.807, 2.05) is 6.92 Å². The van der Waals surface area contributed by atoms with Crippen LogP contribution in [0.25, 0.3) is 5.57 Å². The van der Waals surface area contributed by atoms with Gasteiger partial charge in [0.25, 0.3) is 5.91 Å². The Morgan fingerprint density at radius 3 is 2.50 bits per heavy atom. The van der Waals surface area contributed by atoms with Crippen molar-refractivity contribution in [3.8, 4) is 0 Å². The van der Waals surface area contributed by atoms with Crippen molar-refractivity contribution in [1.29, 1.82) is 0 Å². The van der Waals surface area contributed by atoms with E-state index < -0.39 is 9.84 Å². The second-order valence-electron chi connectivity index (χ2n) is 5.04. The van der Waals surface area contributed by atoms with Gasteiger partial charge in [0.1, 0.15) is 0 Å². The minimum atomic E-state index is -3.42. The number of carbonyl (C=O) groups excluding carboxylic acids is 1. The van der Waals surface area contributed by atoms with Crippen LogP contribution >= 0.6 is 0 Å². The summed E-state index contributed by atoms with van der Waals surface area (Å²) in [6.07, 6.45) is 0.663. The molecular weight excluding hydrogens is 276 g/mol. The normalized spacial score (nSPS) is 15.9. The Hall–Kier alpha value is -1.66. The van der Waals surface area contributed by atoms with E-state index in [1.165, 1.54) is 16.5 Å². The van der Waals surface area contributed by atoms with Crippen molar-refractivity contribution < 1.29 is 13.2 Å².